The Hall–Kier alpha value is -2.66. The van der Waals surface area contributed by atoms with E-state index in [0.717, 1.165) is 0 Å². The minimum atomic E-state index is -0.307. The molecule has 0 aliphatic carbocycles. The maximum absolute atomic E-state index is 12.6. The van der Waals surface area contributed by atoms with Crippen LogP contribution < -0.4 is 5.32 Å². The Kier molecular flexibility index (Phi) is 3.88. The number of carbonyl (C=O) groups is 2. The van der Waals surface area contributed by atoms with Gasteiger partial charge in [-0.25, -0.2) is 4.98 Å². The minimum Gasteiger partial charge on any atom is -0.321 e. The van der Waals surface area contributed by atoms with Gasteiger partial charge >= 0.3 is 0 Å². The van der Waals surface area contributed by atoms with Gasteiger partial charge in [-0.15, -0.1) is 0 Å². The topological polar surface area (TPSA) is 63.5 Å². The summed E-state index contributed by atoms with van der Waals surface area (Å²) in [5, 5.41) is 3.31. The molecule has 0 bridgehead atoms. The van der Waals surface area contributed by atoms with E-state index in [1.807, 2.05) is 0 Å². The molecular formula is C17H14ClN3O2. The van der Waals surface area contributed by atoms with E-state index in [0.29, 0.717) is 33.3 Å². The van der Waals surface area contributed by atoms with Crippen molar-refractivity contribution in [3.8, 4) is 0 Å². The van der Waals surface area contributed by atoms with E-state index < -0.39 is 0 Å². The zero-order valence-corrected chi connectivity index (χ0v) is 13.4. The average Bonchev–Trinajstić information content (AvgIpc) is 2.82. The number of rotatable bonds is 3. The molecule has 1 N–H and O–H groups in total. The van der Waals surface area contributed by atoms with Crippen molar-refractivity contribution >= 4 is 34.6 Å². The lowest BCUT2D eigenvalue weighted by Gasteiger charge is -2.07. The first-order valence-corrected chi connectivity index (χ1v) is 7.40. The monoisotopic (exact) mass is 327 g/mol. The molecule has 0 saturated heterocycles. The number of halogens is 1. The van der Waals surface area contributed by atoms with Crippen LogP contribution in [0.2, 0.25) is 5.02 Å². The first kappa shape index (κ1) is 15.2. The van der Waals surface area contributed by atoms with Gasteiger partial charge in [0, 0.05) is 17.4 Å². The number of pyridine rings is 1. The van der Waals surface area contributed by atoms with Crippen molar-refractivity contribution in [1.82, 2.24) is 9.38 Å². The number of amides is 1. The van der Waals surface area contributed by atoms with Gasteiger partial charge in [0.05, 0.1) is 10.7 Å². The van der Waals surface area contributed by atoms with Crippen LogP contribution in [0.15, 0.2) is 42.6 Å². The Labute approximate surface area is 137 Å². The molecule has 23 heavy (non-hydrogen) atoms. The number of ketones is 1. The van der Waals surface area contributed by atoms with E-state index in [4.69, 9.17) is 11.6 Å². The molecule has 0 fully saturated rings. The number of aromatic nitrogens is 2. The van der Waals surface area contributed by atoms with Crippen molar-refractivity contribution in [3.05, 3.63) is 64.6 Å². The number of carbonyl (C=O) groups excluding carboxylic acids is 2. The van der Waals surface area contributed by atoms with Crippen LogP contribution in [0.4, 0.5) is 5.69 Å². The van der Waals surface area contributed by atoms with E-state index in [-0.39, 0.29) is 11.7 Å². The number of anilines is 1. The van der Waals surface area contributed by atoms with Crippen LogP contribution in [-0.4, -0.2) is 21.1 Å². The zero-order chi connectivity index (χ0) is 16.6. The van der Waals surface area contributed by atoms with Gasteiger partial charge in [-0.2, -0.15) is 0 Å². The Balaban J connectivity index is 1.98. The molecule has 0 atom stereocenters. The maximum Gasteiger partial charge on any atom is 0.274 e. The van der Waals surface area contributed by atoms with Crippen molar-refractivity contribution < 1.29 is 9.59 Å². The first-order chi connectivity index (χ1) is 11.0. The standard InChI is InChI=1S/C17H14ClN3O2/c1-10-16(21-9-13(18)6-7-15(21)19-10)17(23)20-14-5-3-4-12(8-14)11(2)22/h3-9H,1-2H3,(H,20,23). The van der Waals surface area contributed by atoms with Gasteiger partial charge in [0.25, 0.3) is 5.91 Å². The van der Waals surface area contributed by atoms with E-state index >= 15 is 0 Å². The molecular weight excluding hydrogens is 314 g/mol. The molecule has 6 heteroatoms. The number of Topliss-reactive ketones (excluding diaryl/α,β-unsaturated/α-hetero) is 1. The van der Waals surface area contributed by atoms with Gasteiger partial charge in [0.2, 0.25) is 0 Å². The van der Waals surface area contributed by atoms with E-state index in [2.05, 4.69) is 10.3 Å². The molecule has 1 amide bonds. The van der Waals surface area contributed by atoms with Crippen molar-refractivity contribution in [2.45, 2.75) is 13.8 Å². The SMILES string of the molecule is CC(=O)c1cccc(NC(=O)c2c(C)nc3ccc(Cl)cn23)c1. The molecule has 2 aromatic heterocycles. The maximum atomic E-state index is 12.6. The largest absolute Gasteiger partial charge is 0.321 e. The fourth-order valence-electron chi connectivity index (χ4n) is 2.42. The summed E-state index contributed by atoms with van der Waals surface area (Å²) >= 11 is 6.00. The summed E-state index contributed by atoms with van der Waals surface area (Å²) in [7, 11) is 0. The quantitative estimate of drug-likeness (QED) is 0.745. The van der Waals surface area contributed by atoms with E-state index in [1.165, 1.54) is 6.92 Å². The molecule has 0 spiro atoms. The van der Waals surface area contributed by atoms with Crippen LogP contribution >= 0.6 is 11.6 Å². The second-order valence-corrected chi connectivity index (χ2v) is 5.65. The molecule has 5 nitrogen and oxygen atoms in total. The van der Waals surface area contributed by atoms with Crippen molar-refractivity contribution in [3.63, 3.8) is 0 Å². The number of imidazole rings is 1. The Morgan fingerprint density at radius 1 is 1.22 bits per heavy atom. The molecule has 0 unspecified atom stereocenters. The molecule has 0 aliphatic rings. The van der Waals surface area contributed by atoms with Crippen molar-refractivity contribution in [2.75, 3.05) is 5.32 Å². The number of nitrogens with one attached hydrogen (secondary N) is 1. The molecule has 0 saturated carbocycles. The summed E-state index contributed by atoms with van der Waals surface area (Å²) in [4.78, 5) is 28.4. The third kappa shape index (κ3) is 2.96. The molecule has 3 rings (SSSR count). The highest BCUT2D eigenvalue weighted by molar-refractivity contribution is 6.30. The van der Waals surface area contributed by atoms with Gasteiger partial charge < -0.3 is 5.32 Å². The lowest BCUT2D eigenvalue weighted by molar-refractivity contribution is 0.100. The molecule has 2 heterocycles. The average molecular weight is 328 g/mol. The highest BCUT2D eigenvalue weighted by Crippen LogP contribution is 2.18. The van der Waals surface area contributed by atoms with Gasteiger partial charge in [0.15, 0.2) is 5.78 Å². The Morgan fingerprint density at radius 2 is 2.00 bits per heavy atom. The molecule has 1 aromatic carbocycles. The predicted octanol–water partition coefficient (Wildman–Crippen LogP) is 3.75. The van der Waals surface area contributed by atoms with Gasteiger partial charge in [0.1, 0.15) is 11.3 Å². The van der Waals surface area contributed by atoms with Crippen LogP contribution in [0.25, 0.3) is 5.65 Å². The Morgan fingerprint density at radius 3 is 2.74 bits per heavy atom. The molecule has 3 aromatic rings. The molecule has 0 radical (unpaired) electrons. The number of hydrogen-bond acceptors (Lipinski definition) is 3. The van der Waals surface area contributed by atoms with E-state index in [9.17, 15) is 9.59 Å². The van der Waals surface area contributed by atoms with Crippen LogP contribution in [0.3, 0.4) is 0 Å². The van der Waals surface area contributed by atoms with Gasteiger partial charge in [-0.3, -0.25) is 14.0 Å². The summed E-state index contributed by atoms with van der Waals surface area (Å²) in [5.74, 6) is -0.364. The molecule has 116 valence electrons. The number of fused-ring (bicyclic) bond motifs is 1. The van der Waals surface area contributed by atoms with E-state index in [1.54, 1.807) is 53.9 Å². The number of benzene rings is 1. The Bertz CT molecular complexity index is 931. The zero-order valence-electron chi connectivity index (χ0n) is 12.6. The molecule has 0 aliphatic heterocycles. The normalized spacial score (nSPS) is 10.7. The van der Waals surface area contributed by atoms with Crippen molar-refractivity contribution in [2.24, 2.45) is 0 Å². The minimum absolute atomic E-state index is 0.0566. The third-order valence-electron chi connectivity index (χ3n) is 3.50. The summed E-state index contributed by atoms with van der Waals surface area (Å²) in [6, 6.07) is 10.3. The highest BCUT2D eigenvalue weighted by atomic mass is 35.5. The van der Waals surface area contributed by atoms with Crippen LogP contribution in [0.5, 0.6) is 0 Å². The lowest BCUT2D eigenvalue weighted by atomic mass is 10.1. The first-order valence-electron chi connectivity index (χ1n) is 7.02. The van der Waals surface area contributed by atoms with Gasteiger partial charge in [-0.05, 0) is 38.1 Å². The van der Waals surface area contributed by atoms with Crippen LogP contribution in [-0.2, 0) is 0 Å². The lowest BCUT2D eigenvalue weighted by Crippen LogP contribution is -2.15. The second-order valence-electron chi connectivity index (χ2n) is 5.21. The number of nitrogens with zero attached hydrogens (tertiary/aromatic N) is 2. The summed E-state index contributed by atoms with van der Waals surface area (Å²) in [6.07, 6.45) is 1.65. The number of hydrogen-bond donors (Lipinski definition) is 1. The summed E-state index contributed by atoms with van der Waals surface area (Å²) < 4.78 is 1.65. The third-order valence-corrected chi connectivity index (χ3v) is 3.72. The predicted molar refractivity (Wildman–Crippen MR) is 89.3 cm³/mol. The van der Waals surface area contributed by atoms with Crippen LogP contribution in [0, 0.1) is 6.92 Å². The summed E-state index contributed by atoms with van der Waals surface area (Å²) in [5.41, 5.74) is 2.76. The van der Waals surface area contributed by atoms with Crippen LogP contribution in [0.1, 0.15) is 33.5 Å². The highest BCUT2D eigenvalue weighted by Gasteiger charge is 2.17. The van der Waals surface area contributed by atoms with Gasteiger partial charge in [-0.1, -0.05) is 23.7 Å². The second kappa shape index (κ2) is 5.85. The fraction of sp³-hybridized carbons (Fsp3) is 0.118. The smallest absolute Gasteiger partial charge is 0.274 e. The fourth-order valence-corrected chi connectivity index (χ4v) is 2.58. The van der Waals surface area contributed by atoms with Crippen molar-refractivity contribution in [1.29, 1.82) is 0 Å². The summed E-state index contributed by atoms with van der Waals surface area (Å²) in [6.45, 7) is 3.25. The number of aryl methyl sites for hydroxylation is 1.